The molecule has 3 nitrogen and oxygen atoms in total. The van der Waals surface area contributed by atoms with Crippen molar-refractivity contribution in [3.63, 3.8) is 0 Å². The van der Waals surface area contributed by atoms with Gasteiger partial charge in [0, 0.05) is 22.7 Å². The van der Waals surface area contributed by atoms with Crippen molar-refractivity contribution in [3.05, 3.63) is 72.3 Å². The Morgan fingerprint density at radius 3 is 2.52 bits per heavy atom. The Balaban J connectivity index is 1.92. The summed E-state index contributed by atoms with van der Waals surface area (Å²) in [4.78, 5) is 4.58. The summed E-state index contributed by atoms with van der Waals surface area (Å²) in [5.74, 6) is -0.248. The molecule has 0 bridgehead atoms. The molecule has 1 N–H and O–H groups in total. The SMILES string of the molecule is Cc1cnc(-c2ccc(F)cc2)c(-c2ccc3[nH]ncc3c2)c1. The van der Waals surface area contributed by atoms with Crippen molar-refractivity contribution in [1.82, 2.24) is 15.2 Å². The van der Waals surface area contributed by atoms with Crippen molar-refractivity contribution in [2.75, 3.05) is 0 Å². The summed E-state index contributed by atoms with van der Waals surface area (Å²) in [7, 11) is 0. The van der Waals surface area contributed by atoms with Crippen LogP contribution in [0.3, 0.4) is 0 Å². The molecule has 0 aliphatic rings. The Morgan fingerprint density at radius 2 is 1.70 bits per heavy atom. The number of H-pyrrole nitrogens is 1. The summed E-state index contributed by atoms with van der Waals surface area (Å²) in [6.45, 7) is 2.02. The van der Waals surface area contributed by atoms with Gasteiger partial charge in [-0.25, -0.2) is 4.39 Å². The summed E-state index contributed by atoms with van der Waals surface area (Å²) in [5.41, 5.74) is 5.91. The van der Waals surface area contributed by atoms with Crippen LogP contribution in [0.4, 0.5) is 4.39 Å². The Bertz CT molecular complexity index is 987. The number of aromatic amines is 1. The highest BCUT2D eigenvalue weighted by Gasteiger charge is 2.11. The number of nitrogens with one attached hydrogen (secondary N) is 1. The first-order chi connectivity index (χ1) is 11.2. The lowest BCUT2D eigenvalue weighted by Gasteiger charge is -2.10. The average Bonchev–Trinajstić information content (AvgIpc) is 3.03. The molecule has 0 unspecified atom stereocenters. The lowest BCUT2D eigenvalue weighted by atomic mass is 9.97. The van der Waals surface area contributed by atoms with Gasteiger partial charge in [0.2, 0.25) is 0 Å². The van der Waals surface area contributed by atoms with E-state index < -0.39 is 0 Å². The van der Waals surface area contributed by atoms with Gasteiger partial charge in [-0.2, -0.15) is 5.10 Å². The Morgan fingerprint density at radius 1 is 0.913 bits per heavy atom. The van der Waals surface area contributed by atoms with E-state index in [0.29, 0.717) is 0 Å². The highest BCUT2D eigenvalue weighted by Crippen LogP contribution is 2.32. The first kappa shape index (κ1) is 13.6. The maximum absolute atomic E-state index is 13.2. The molecule has 0 amide bonds. The van der Waals surface area contributed by atoms with E-state index in [9.17, 15) is 4.39 Å². The summed E-state index contributed by atoms with van der Waals surface area (Å²) in [5, 5.41) is 8.07. The smallest absolute Gasteiger partial charge is 0.123 e. The fourth-order valence-electron chi connectivity index (χ4n) is 2.74. The van der Waals surface area contributed by atoms with Gasteiger partial charge in [-0.3, -0.25) is 10.1 Å². The topological polar surface area (TPSA) is 41.6 Å². The zero-order valence-electron chi connectivity index (χ0n) is 12.5. The third-order valence-electron chi connectivity index (χ3n) is 3.89. The molecule has 4 heteroatoms. The molecule has 0 aliphatic heterocycles. The third kappa shape index (κ3) is 2.48. The van der Waals surface area contributed by atoms with E-state index in [1.165, 1.54) is 12.1 Å². The van der Waals surface area contributed by atoms with Gasteiger partial charge in [0.05, 0.1) is 17.4 Å². The van der Waals surface area contributed by atoms with Crippen molar-refractivity contribution in [3.8, 4) is 22.4 Å². The van der Waals surface area contributed by atoms with Gasteiger partial charge in [0.15, 0.2) is 0 Å². The molecule has 0 saturated carbocycles. The molecule has 0 atom stereocenters. The number of aromatic nitrogens is 3. The zero-order chi connectivity index (χ0) is 15.8. The van der Waals surface area contributed by atoms with E-state index in [1.807, 2.05) is 25.3 Å². The molecule has 2 aromatic heterocycles. The number of hydrogen-bond donors (Lipinski definition) is 1. The molecular weight excluding hydrogens is 289 g/mol. The number of fused-ring (bicyclic) bond motifs is 1. The van der Waals surface area contributed by atoms with Crippen molar-refractivity contribution in [2.45, 2.75) is 6.92 Å². The van der Waals surface area contributed by atoms with Crippen LogP contribution in [-0.4, -0.2) is 15.2 Å². The van der Waals surface area contributed by atoms with Gasteiger partial charge < -0.3 is 0 Å². The number of pyridine rings is 1. The van der Waals surface area contributed by atoms with E-state index in [0.717, 1.165) is 38.9 Å². The van der Waals surface area contributed by atoms with Crippen LogP contribution in [0, 0.1) is 12.7 Å². The molecule has 0 saturated heterocycles. The van der Waals surface area contributed by atoms with E-state index in [4.69, 9.17) is 0 Å². The van der Waals surface area contributed by atoms with Crippen molar-refractivity contribution in [1.29, 1.82) is 0 Å². The average molecular weight is 303 g/mol. The van der Waals surface area contributed by atoms with Gasteiger partial charge in [-0.1, -0.05) is 6.07 Å². The fourth-order valence-corrected chi connectivity index (χ4v) is 2.74. The van der Waals surface area contributed by atoms with Crippen LogP contribution in [0.15, 0.2) is 60.9 Å². The number of hydrogen-bond acceptors (Lipinski definition) is 2. The molecule has 112 valence electrons. The van der Waals surface area contributed by atoms with Crippen LogP contribution >= 0.6 is 0 Å². The van der Waals surface area contributed by atoms with Crippen LogP contribution in [0.1, 0.15) is 5.56 Å². The Kier molecular flexibility index (Phi) is 3.15. The zero-order valence-corrected chi connectivity index (χ0v) is 12.5. The van der Waals surface area contributed by atoms with Gasteiger partial charge >= 0.3 is 0 Å². The van der Waals surface area contributed by atoms with Crippen LogP contribution in [-0.2, 0) is 0 Å². The van der Waals surface area contributed by atoms with Crippen molar-refractivity contribution < 1.29 is 4.39 Å². The summed E-state index contributed by atoms with van der Waals surface area (Å²) in [6, 6.07) is 14.7. The summed E-state index contributed by atoms with van der Waals surface area (Å²) >= 11 is 0. The van der Waals surface area contributed by atoms with Crippen LogP contribution < -0.4 is 0 Å². The standard InChI is InChI=1S/C19H14FN3/c1-12-8-17(14-4-7-18-15(9-14)11-22-23-18)19(21-10-12)13-2-5-16(20)6-3-13/h2-11H,1H3,(H,22,23). The minimum atomic E-state index is -0.248. The monoisotopic (exact) mass is 303 g/mol. The predicted octanol–water partition coefficient (Wildman–Crippen LogP) is 4.74. The van der Waals surface area contributed by atoms with Crippen LogP contribution in [0.2, 0.25) is 0 Å². The minimum absolute atomic E-state index is 0.248. The minimum Gasteiger partial charge on any atom is -0.278 e. The molecule has 4 rings (SSSR count). The molecule has 0 fully saturated rings. The maximum atomic E-state index is 13.2. The van der Waals surface area contributed by atoms with Crippen LogP contribution in [0.5, 0.6) is 0 Å². The fraction of sp³-hybridized carbons (Fsp3) is 0.0526. The lowest BCUT2D eigenvalue weighted by Crippen LogP contribution is -1.91. The molecule has 4 aromatic rings. The van der Waals surface area contributed by atoms with Gasteiger partial charge in [-0.15, -0.1) is 0 Å². The highest BCUT2D eigenvalue weighted by molar-refractivity contribution is 5.88. The molecule has 2 aromatic carbocycles. The molecule has 23 heavy (non-hydrogen) atoms. The Labute approximate surface area is 132 Å². The van der Waals surface area contributed by atoms with Crippen molar-refractivity contribution in [2.24, 2.45) is 0 Å². The maximum Gasteiger partial charge on any atom is 0.123 e. The van der Waals surface area contributed by atoms with Gasteiger partial charge in [0.25, 0.3) is 0 Å². The highest BCUT2D eigenvalue weighted by atomic mass is 19.1. The summed E-state index contributed by atoms with van der Waals surface area (Å²) in [6.07, 6.45) is 3.64. The molecule has 0 spiro atoms. The summed E-state index contributed by atoms with van der Waals surface area (Å²) < 4.78 is 13.2. The first-order valence-electron chi connectivity index (χ1n) is 7.37. The number of aryl methyl sites for hydroxylation is 1. The van der Waals surface area contributed by atoms with Gasteiger partial charge in [-0.05, 0) is 60.5 Å². The second-order valence-electron chi connectivity index (χ2n) is 5.59. The van der Waals surface area contributed by atoms with Crippen molar-refractivity contribution >= 4 is 10.9 Å². The molecular formula is C19H14FN3. The number of nitrogens with zero attached hydrogens (tertiary/aromatic N) is 2. The van der Waals surface area contributed by atoms with Crippen LogP contribution in [0.25, 0.3) is 33.3 Å². The second-order valence-corrected chi connectivity index (χ2v) is 5.59. The first-order valence-corrected chi connectivity index (χ1v) is 7.37. The van der Waals surface area contributed by atoms with E-state index >= 15 is 0 Å². The number of halogens is 1. The molecule has 0 aliphatic carbocycles. The second kappa shape index (κ2) is 5.32. The normalized spacial score (nSPS) is 11.0. The quantitative estimate of drug-likeness (QED) is 0.581. The van der Waals surface area contributed by atoms with E-state index in [2.05, 4.69) is 27.3 Å². The van der Waals surface area contributed by atoms with E-state index in [1.54, 1.807) is 18.3 Å². The molecule has 0 radical (unpaired) electrons. The van der Waals surface area contributed by atoms with E-state index in [-0.39, 0.29) is 5.82 Å². The predicted molar refractivity (Wildman–Crippen MR) is 89.5 cm³/mol. The third-order valence-corrected chi connectivity index (χ3v) is 3.89. The number of benzene rings is 2. The van der Waals surface area contributed by atoms with Gasteiger partial charge in [0.1, 0.15) is 5.82 Å². The lowest BCUT2D eigenvalue weighted by molar-refractivity contribution is 0.628. The number of rotatable bonds is 2. The molecule has 2 heterocycles. The Hall–Kier alpha value is -3.01. The largest absolute Gasteiger partial charge is 0.278 e.